The molecular formula is C10H8O4. The highest BCUT2D eigenvalue weighted by molar-refractivity contribution is 5.97. The maximum atomic E-state index is 11.4. The van der Waals surface area contributed by atoms with E-state index in [1.807, 2.05) is 0 Å². The number of carbonyl (C=O) groups is 2. The largest absolute Gasteiger partial charge is 0.447 e. The lowest BCUT2D eigenvalue weighted by molar-refractivity contribution is -0.142. The third-order valence-corrected chi connectivity index (χ3v) is 1.93. The molecular weight excluding hydrogens is 184 g/mol. The van der Waals surface area contributed by atoms with E-state index >= 15 is 0 Å². The molecule has 2 rings (SSSR count). The third kappa shape index (κ3) is 1.35. The molecule has 1 atom stereocenters. The molecule has 72 valence electrons. The molecule has 0 aliphatic carbocycles. The van der Waals surface area contributed by atoms with Gasteiger partial charge < -0.3 is 9.47 Å². The van der Waals surface area contributed by atoms with Crippen LogP contribution >= 0.6 is 0 Å². The number of esters is 2. The summed E-state index contributed by atoms with van der Waals surface area (Å²) in [7, 11) is 0. The summed E-state index contributed by atoms with van der Waals surface area (Å²) < 4.78 is 9.79. The maximum Gasteiger partial charge on any atom is 0.352 e. The summed E-state index contributed by atoms with van der Waals surface area (Å²) >= 11 is 0. The van der Waals surface area contributed by atoms with Gasteiger partial charge in [0.05, 0.1) is 0 Å². The minimum absolute atomic E-state index is 0.256. The van der Waals surface area contributed by atoms with Gasteiger partial charge in [-0.3, -0.25) is 0 Å². The molecule has 0 N–H and O–H groups in total. The van der Waals surface area contributed by atoms with Crippen LogP contribution in [-0.2, 0) is 9.53 Å². The zero-order chi connectivity index (χ0) is 10.1. The SMILES string of the molecule is CC1OC(=O)c2ccccc2OC1=O. The highest BCUT2D eigenvalue weighted by Gasteiger charge is 2.27. The van der Waals surface area contributed by atoms with Crippen LogP contribution < -0.4 is 4.74 Å². The number of rotatable bonds is 0. The summed E-state index contributed by atoms with van der Waals surface area (Å²) in [5.74, 6) is -0.825. The monoisotopic (exact) mass is 192 g/mol. The number of carbonyl (C=O) groups excluding carboxylic acids is 2. The van der Waals surface area contributed by atoms with Gasteiger partial charge in [-0.2, -0.15) is 0 Å². The average Bonchev–Trinajstić information content (AvgIpc) is 2.27. The van der Waals surface area contributed by atoms with Crippen molar-refractivity contribution < 1.29 is 19.1 Å². The average molecular weight is 192 g/mol. The number of hydrogen-bond donors (Lipinski definition) is 0. The Labute approximate surface area is 80.4 Å². The smallest absolute Gasteiger partial charge is 0.352 e. The second kappa shape index (κ2) is 3.14. The van der Waals surface area contributed by atoms with Crippen molar-refractivity contribution in [1.29, 1.82) is 0 Å². The molecule has 0 amide bonds. The maximum absolute atomic E-state index is 11.4. The van der Waals surface area contributed by atoms with Crippen molar-refractivity contribution in [3.8, 4) is 5.75 Å². The fourth-order valence-electron chi connectivity index (χ4n) is 1.19. The quantitative estimate of drug-likeness (QED) is 0.457. The van der Waals surface area contributed by atoms with Crippen molar-refractivity contribution >= 4 is 11.9 Å². The van der Waals surface area contributed by atoms with Gasteiger partial charge in [-0.25, -0.2) is 9.59 Å². The van der Waals surface area contributed by atoms with Crippen LogP contribution in [0.15, 0.2) is 24.3 Å². The van der Waals surface area contributed by atoms with Crippen LogP contribution in [0.3, 0.4) is 0 Å². The zero-order valence-corrected chi connectivity index (χ0v) is 7.52. The van der Waals surface area contributed by atoms with Gasteiger partial charge in [0.25, 0.3) is 0 Å². The molecule has 0 saturated carbocycles. The standard InChI is InChI=1S/C10H8O4/c1-6-9(11)14-8-5-3-2-4-7(8)10(12)13-6/h2-6H,1H3. The number of benzene rings is 1. The van der Waals surface area contributed by atoms with Crippen molar-refractivity contribution in [2.24, 2.45) is 0 Å². The Morgan fingerprint density at radius 1 is 1.21 bits per heavy atom. The molecule has 0 aromatic heterocycles. The van der Waals surface area contributed by atoms with E-state index in [2.05, 4.69) is 0 Å². The summed E-state index contributed by atoms with van der Waals surface area (Å²) in [4.78, 5) is 22.6. The van der Waals surface area contributed by atoms with Gasteiger partial charge in [-0.1, -0.05) is 12.1 Å². The normalized spacial score (nSPS) is 20.5. The van der Waals surface area contributed by atoms with Gasteiger partial charge in [-0.05, 0) is 19.1 Å². The van der Waals surface area contributed by atoms with Crippen LogP contribution in [0.1, 0.15) is 17.3 Å². The molecule has 14 heavy (non-hydrogen) atoms. The molecule has 4 heteroatoms. The first-order valence-corrected chi connectivity index (χ1v) is 4.20. The van der Waals surface area contributed by atoms with E-state index in [1.54, 1.807) is 24.3 Å². The molecule has 0 fully saturated rings. The molecule has 0 spiro atoms. The van der Waals surface area contributed by atoms with Crippen LogP contribution in [0.25, 0.3) is 0 Å². The summed E-state index contributed by atoms with van der Waals surface area (Å²) in [5, 5.41) is 0. The molecule has 1 unspecified atom stereocenters. The second-order valence-electron chi connectivity index (χ2n) is 2.96. The molecule has 1 aromatic rings. The van der Waals surface area contributed by atoms with Crippen molar-refractivity contribution in [1.82, 2.24) is 0 Å². The predicted molar refractivity (Wildman–Crippen MR) is 47.0 cm³/mol. The number of para-hydroxylation sites is 1. The predicted octanol–water partition coefficient (Wildman–Crippen LogP) is 1.15. The Kier molecular flexibility index (Phi) is 1.96. The van der Waals surface area contributed by atoms with Crippen LogP contribution in [0.5, 0.6) is 5.75 Å². The zero-order valence-electron chi connectivity index (χ0n) is 7.52. The molecule has 4 nitrogen and oxygen atoms in total. The first-order chi connectivity index (χ1) is 6.68. The topological polar surface area (TPSA) is 52.6 Å². The minimum atomic E-state index is -0.852. The lowest BCUT2D eigenvalue weighted by Gasteiger charge is -2.04. The lowest BCUT2D eigenvalue weighted by Crippen LogP contribution is -2.24. The van der Waals surface area contributed by atoms with Crippen molar-refractivity contribution in [3.63, 3.8) is 0 Å². The van der Waals surface area contributed by atoms with E-state index in [0.717, 1.165) is 0 Å². The van der Waals surface area contributed by atoms with E-state index in [-0.39, 0.29) is 11.3 Å². The third-order valence-electron chi connectivity index (χ3n) is 1.93. The lowest BCUT2D eigenvalue weighted by atomic mass is 10.2. The van der Waals surface area contributed by atoms with Gasteiger partial charge in [0.15, 0.2) is 6.10 Å². The highest BCUT2D eigenvalue weighted by atomic mass is 16.6. The first kappa shape index (κ1) is 8.74. The second-order valence-corrected chi connectivity index (χ2v) is 2.96. The number of cyclic esters (lactones) is 1. The van der Waals surface area contributed by atoms with Gasteiger partial charge >= 0.3 is 11.9 Å². The fraction of sp³-hybridized carbons (Fsp3) is 0.200. The Morgan fingerprint density at radius 3 is 2.71 bits per heavy atom. The Balaban J connectivity index is 2.48. The summed E-state index contributed by atoms with van der Waals surface area (Å²) in [6.07, 6.45) is -0.852. The van der Waals surface area contributed by atoms with Gasteiger partial charge in [-0.15, -0.1) is 0 Å². The van der Waals surface area contributed by atoms with Crippen LogP contribution in [0.2, 0.25) is 0 Å². The summed E-state index contributed by atoms with van der Waals surface area (Å²) in [6.45, 7) is 1.48. The Bertz CT molecular complexity index is 397. The van der Waals surface area contributed by atoms with E-state index in [9.17, 15) is 9.59 Å². The van der Waals surface area contributed by atoms with Gasteiger partial charge in [0.2, 0.25) is 0 Å². The molecule has 0 bridgehead atoms. The Hall–Kier alpha value is -1.84. The molecule has 0 radical (unpaired) electrons. The van der Waals surface area contributed by atoms with Crippen molar-refractivity contribution in [3.05, 3.63) is 29.8 Å². The number of fused-ring (bicyclic) bond motifs is 1. The van der Waals surface area contributed by atoms with Crippen LogP contribution in [0, 0.1) is 0 Å². The van der Waals surface area contributed by atoms with E-state index in [0.29, 0.717) is 0 Å². The summed E-state index contributed by atoms with van der Waals surface area (Å²) in [5.41, 5.74) is 0.283. The number of ether oxygens (including phenoxy) is 2. The minimum Gasteiger partial charge on any atom is -0.447 e. The van der Waals surface area contributed by atoms with Gasteiger partial charge in [0, 0.05) is 0 Å². The number of hydrogen-bond acceptors (Lipinski definition) is 4. The summed E-state index contributed by atoms with van der Waals surface area (Å²) in [6, 6.07) is 6.49. The molecule has 1 aromatic carbocycles. The van der Waals surface area contributed by atoms with E-state index < -0.39 is 18.0 Å². The van der Waals surface area contributed by atoms with Crippen molar-refractivity contribution in [2.75, 3.05) is 0 Å². The Morgan fingerprint density at radius 2 is 1.93 bits per heavy atom. The molecule has 1 aliphatic rings. The van der Waals surface area contributed by atoms with Crippen LogP contribution in [0.4, 0.5) is 0 Å². The highest BCUT2D eigenvalue weighted by Crippen LogP contribution is 2.23. The van der Waals surface area contributed by atoms with Crippen molar-refractivity contribution in [2.45, 2.75) is 13.0 Å². The van der Waals surface area contributed by atoms with Gasteiger partial charge in [0.1, 0.15) is 11.3 Å². The molecule has 1 heterocycles. The molecule has 0 saturated heterocycles. The fourth-order valence-corrected chi connectivity index (χ4v) is 1.19. The molecule has 1 aliphatic heterocycles. The van der Waals surface area contributed by atoms with E-state index in [1.165, 1.54) is 6.92 Å². The van der Waals surface area contributed by atoms with Crippen LogP contribution in [-0.4, -0.2) is 18.0 Å². The van der Waals surface area contributed by atoms with E-state index in [4.69, 9.17) is 9.47 Å². The first-order valence-electron chi connectivity index (χ1n) is 4.20.